The van der Waals surface area contributed by atoms with Crippen LogP contribution in [-0.2, 0) is 6.54 Å². The van der Waals surface area contributed by atoms with Crippen molar-refractivity contribution in [2.45, 2.75) is 123 Å². The van der Waals surface area contributed by atoms with E-state index in [1.54, 1.807) is 6.07 Å². The van der Waals surface area contributed by atoms with Gasteiger partial charge in [0.15, 0.2) is 5.75 Å². The van der Waals surface area contributed by atoms with Crippen molar-refractivity contribution in [3.8, 4) is 5.75 Å². The molecule has 0 aliphatic carbocycles. The van der Waals surface area contributed by atoms with Gasteiger partial charge in [0.25, 0.3) is 0 Å². The summed E-state index contributed by atoms with van der Waals surface area (Å²) >= 11 is 0. The molecule has 0 atom stereocenters. The van der Waals surface area contributed by atoms with Gasteiger partial charge in [-0.25, -0.2) is 0 Å². The third kappa shape index (κ3) is 8.76. The normalized spacial score (nSPS) is 11.5. The van der Waals surface area contributed by atoms with Gasteiger partial charge in [0.1, 0.15) is 0 Å². The Morgan fingerprint density at radius 2 is 1.27 bits per heavy atom. The second-order valence-electron chi connectivity index (χ2n) is 10.6. The van der Waals surface area contributed by atoms with E-state index in [0.717, 1.165) is 47.6 Å². The van der Waals surface area contributed by atoms with Gasteiger partial charge in [-0.1, -0.05) is 122 Å². The molecule has 3 aromatic rings. The average molecular weight is 509 g/mol. The van der Waals surface area contributed by atoms with Crippen LogP contribution < -0.4 is 4.74 Å². The number of para-hydroxylation sites is 1. The molecule has 0 saturated heterocycles. The molecule has 0 aliphatic rings. The van der Waals surface area contributed by atoms with E-state index in [0.29, 0.717) is 12.4 Å². The summed E-state index contributed by atoms with van der Waals surface area (Å²) in [5.41, 5.74) is 2.26. The molecule has 0 N–H and O–H groups in total. The largest absolute Gasteiger partial charge is 0.487 e. The summed E-state index contributed by atoms with van der Waals surface area (Å²) in [5, 5.41) is 13.9. The Morgan fingerprint density at radius 1 is 0.703 bits per heavy atom. The van der Waals surface area contributed by atoms with Crippen LogP contribution in [0.4, 0.5) is 5.69 Å². The Balaban J connectivity index is 1.65. The van der Waals surface area contributed by atoms with E-state index in [4.69, 9.17) is 4.74 Å². The van der Waals surface area contributed by atoms with Gasteiger partial charge in [0.05, 0.1) is 17.0 Å². The molecule has 204 valence electrons. The number of nitro benzene ring substituents is 1. The standard InChI is InChI=1S/C32H48N2O3/c1-3-5-7-9-11-12-13-14-15-19-23-33-29-22-18-17-21-27(29)28-25-31(34(35)36)32(26-30(28)33)37-24-20-16-10-8-6-4-2/h17-18,21-22,25-26H,3-16,19-20,23-24H2,1-2H3. The number of ether oxygens (including phenoxy) is 1. The summed E-state index contributed by atoms with van der Waals surface area (Å²) in [5.74, 6) is 0.401. The monoisotopic (exact) mass is 508 g/mol. The second kappa shape index (κ2) is 16.3. The fourth-order valence-electron chi connectivity index (χ4n) is 5.38. The number of benzene rings is 2. The van der Waals surface area contributed by atoms with Crippen LogP contribution >= 0.6 is 0 Å². The zero-order valence-corrected chi connectivity index (χ0v) is 23.3. The fourth-order valence-corrected chi connectivity index (χ4v) is 5.38. The highest BCUT2D eigenvalue weighted by Crippen LogP contribution is 2.38. The Hall–Kier alpha value is -2.56. The fraction of sp³-hybridized carbons (Fsp3) is 0.625. The molecule has 3 rings (SSSR count). The van der Waals surface area contributed by atoms with E-state index in [-0.39, 0.29) is 10.6 Å². The van der Waals surface area contributed by atoms with Crippen LogP contribution in [0.2, 0.25) is 0 Å². The predicted octanol–water partition coefficient (Wildman–Crippen LogP) is 10.4. The number of nitrogens with zero attached hydrogens (tertiary/aromatic N) is 2. The second-order valence-corrected chi connectivity index (χ2v) is 10.6. The third-order valence-corrected chi connectivity index (χ3v) is 7.54. The van der Waals surface area contributed by atoms with E-state index >= 15 is 0 Å². The molecule has 0 bridgehead atoms. The van der Waals surface area contributed by atoms with Gasteiger partial charge in [-0.05, 0) is 18.9 Å². The quantitative estimate of drug-likeness (QED) is 0.0866. The van der Waals surface area contributed by atoms with Crippen molar-refractivity contribution in [2.75, 3.05) is 6.61 Å². The minimum atomic E-state index is -0.301. The van der Waals surface area contributed by atoms with Crippen molar-refractivity contribution in [2.24, 2.45) is 0 Å². The van der Waals surface area contributed by atoms with Crippen LogP contribution in [-0.4, -0.2) is 16.1 Å². The summed E-state index contributed by atoms with van der Waals surface area (Å²) in [6.07, 6.45) is 20.1. The minimum Gasteiger partial charge on any atom is -0.487 e. The first-order valence-electron chi connectivity index (χ1n) is 15.0. The van der Waals surface area contributed by atoms with Crippen molar-refractivity contribution >= 4 is 27.5 Å². The van der Waals surface area contributed by atoms with Gasteiger partial charge in [0.2, 0.25) is 0 Å². The van der Waals surface area contributed by atoms with Crippen LogP contribution in [0.15, 0.2) is 36.4 Å². The molecule has 0 radical (unpaired) electrons. The molecule has 0 fully saturated rings. The number of aromatic nitrogens is 1. The van der Waals surface area contributed by atoms with Crippen molar-refractivity contribution in [1.82, 2.24) is 4.57 Å². The van der Waals surface area contributed by atoms with E-state index in [1.807, 2.05) is 12.1 Å². The molecule has 0 unspecified atom stereocenters. The number of aryl methyl sites for hydroxylation is 1. The van der Waals surface area contributed by atoms with Crippen molar-refractivity contribution in [3.63, 3.8) is 0 Å². The third-order valence-electron chi connectivity index (χ3n) is 7.54. The van der Waals surface area contributed by atoms with Crippen LogP contribution in [0.3, 0.4) is 0 Å². The number of rotatable bonds is 20. The molecule has 37 heavy (non-hydrogen) atoms. The number of unbranched alkanes of at least 4 members (excludes halogenated alkanes) is 14. The highest BCUT2D eigenvalue weighted by atomic mass is 16.6. The summed E-state index contributed by atoms with van der Waals surface area (Å²) < 4.78 is 8.36. The lowest BCUT2D eigenvalue weighted by molar-refractivity contribution is -0.385. The maximum Gasteiger partial charge on any atom is 0.311 e. The molecule has 1 heterocycles. The highest BCUT2D eigenvalue weighted by molar-refractivity contribution is 6.09. The lowest BCUT2D eigenvalue weighted by atomic mass is 10.1. The van der Waals surface area contributed by atoms with Gasteiger partial charge < -0.3 is 9.30 Å². The summed E-state index contributed by atoms with van der Waals surface area (Å²) in [4.78, 5) is 11.6. The van der Waals surface area contributed by atoms with Crippen LogP contribution in [0.1, 0.15) is 117 Å². The van der Waals surface area contributed by atoms with Gasteiger partial charge in [-0.3, -0.25) is 10.1 Å². The molecular weight excluding hydrogens is 460 g/mol. The van der Waals surface area contributed by atoms with E-state index in [2.05, 4.69) is 36.6 Å². The molecule has 0 saturated carbocycles. The predicted molar refractivity (Wildman–Crippen MR) is 157 cm³/mol. The first-order chi connectivity index (χ1) is 18.2. The van der Waals surface area contributed by atoms with Crippen molar-refractivity contribution in [3.05, 3.63) is 46.5 Å². The molecule has 1 aromatic heterocycles. The van der Waals surface area contributed by atoms with Gasteiger partial charge in [-0.15, -0.1) is 0 Å². The molecule has 0 amide bonds. The number of nitro groups is 1. The minimum absolute atomic E-state index is 0.0697. The molecule has 5 heteroatoms. The zero-order valence-electron chi connectivity index (χ0n) is 23.3. The number of hydrogen-bond acceptors (Lipinski definition) is 3. The van der Waals surface area contributed by atoms with E-state index in [9.17, 15) is 10.1 Å². The van der Waals surface area contributed by atoms with Gasteiger partial charge in [0, 0.05) is 35.0 Å². The first-order valence-corrected chi connectivity index (χ1v) is 15.0. The summed E-state index contributed by atoms with van der Waals surface area (Å²) in [6.45, 7) is 5.93. The molecule has 0 aliphatic heterocycles. The zero-order chi connectivity index (χ0) is 26.3. The molecule has 2 aromatic carbocycles. The van der Waals surface area contributed by atoms with Crippen LogP contribution in [0.5, 0.6) is 5.75 Å². The van der Waals surface area contributed by atoms with E-state index in [1.165, 1.54) is 83.5 Å². The van der Waals surface area contributed by atoms with Crippen LogP contribution in [0, 0.1) is 10.1 Å². The number of fused-ring (bicyclic) bond motifs is 3. The highest BCUT2D eigenvalue weighted by Gasteiger charge is 2.21. The van der Waals surface area contributed by atoms with E-state index < -0.39 is 0 Å². The number of hydrogen-bond donors (Lipinski definition) is 0. The Kier molecular flexibility index (Phi) is 12.8. The lowest BCUT2D eigenvalue weighted by Gasteiger charge is -2.10. The average Bonchev–Trinajstić information content (AvgIpc) is 3.21. The lowest BCUT2D eigenvalue weighted by Crippen LogP contribution is -2.02. The molecule has 0 spiro atoms. The Morgan fingerprint density at radius 3 is 1.89 bits per heavy atom. The summed E-state index contributed by atoms with van der Waals surface area (Å²) in [7, 11) is 0. The smallest absolute Gasteiger partial charge is 0.311 e. The summed E-state index contributed by atoms with van der Waals surface area (Å²) in [6, 6.07) is 11.9. The SMILES string of the molecule is CCCCCCCCCCCCn1c2ccccc2c2cc([N+](=O)[O-])c(OCCCCCCCC)cc21. The van der Waals surface area contributed by atoms with Crippen molar-refractivity contribution in [1.29, 1.82) is 0 Å². The first kappa shape index (κ1) is 29.0. The maximum absolute atomic E-state index is 11.9. The van der Waals surface area contributed by atoms with Gasteiger partial charge >= 0.3 is 5.69 Å². The van der Waals surface area contributed by atoms with Gasteiger partial charge in [-0.2, -0.15) is 0 Å². The molecule has 5 nitrogen and oxygen atoms in total. The topological polar surface area (TPSA) is 57.3 Å². The van der Waals surface area contributed by atoms with Crippen LogP contribution in [0.25, 0.3) is 21.8 Å². The Labute approximate surface area is 223 Å². The molecular formula is C32H48N2O3. The van der Waals surface area contributed by atoms with Crippen molar-refractivity contribution < 1.29 is 9.66 Å². The Bertz CT molecular complexity index is 1090. The maximum atomic E-state index is 11.9.